The molecule has 4 aromatic rings. The molecule has 0 radical (unpaired) electrons. The largest absolute Gasteiger partial charge is 0.322 e. The maximum absolute atomic E-state index is 13.8. The number of thioether (sulfide) groups is 1. The van der Waals surface area contributed by atoms with Crippen molar-refractivity contribution in [2.45, 2.75) is 17.1 Å². The van der Waals surface area contributed by atoms with E-state index in [1.165, 1.54) is 53.4 Å². The lowest BCUT2D eigenvalue weighted by Gasteiger charge is -2.12. The summed E-state index contributed by atoms with van der Waals surface area (Å²) in [6.07, 6.45) is 0. The number of nitrogens with zero attached hydrogens (tertiary/aromatic N) is 1. The van der Waals surface area contributed by atoms with Crippen molar-refractivity contribution < 1.29 is 18.4 Å². The molecule has 1 atom stereocenters. The lowest BCUT2D eigenvalue weighted by Crippen LogP contribution is -2.22. The summed E-state index contributed by atoms with van der Waals surface area (Å²) >= 11 is 2.60. The summed E-state index contributed by atoms with van der Waals surface area (Å²) in [5.41, 5.74) is 1.86. The fourth-order valence-corrected chi connectivity index (χ4v) is 4.69. The van der Waals surface area contributed by atoms with E-state index < -0.39 is 17.0 Å². The highest BCUT2D eigenvalue weighted by Gasteiger charge is 2.17. The molecule has 0 saturated heterocycles. The van der Waals surface area contributed by atoms with Crippen molar-refractivity contribution in [1.29, 1.82) is 0 Å². The molecule has 34 heavy (non-hydrogen) atoms. The van der Waals surface area contributed by atoms with Crippen molar-refractivity contribution in [2.24, 2.45) is 0 Å². The van der Waals surface area contributed by atoms with Crippen molar-refractivity contribution >= 4 is 45.7 Å². The van der Waals surface area contributed by atoms with Crippen LogP contribution in [0.1, 0.15) is 17.3 Å². The van der Waals surface area contributed by atoms with Gasteiger partial charge in [-0.1, -0.05) is 18.2 Å². The molecule has 1 heterocycles. The first kappa shape index (κ1) is 23.6. The molecule has 0 saturated carbocycles. The Morgan fingerprint density at radius 2 is 1.74 bits per heavy atom. The summed E-state index contributed by atoms with van der Waals surface area (Å²) in [6, 6.07) is 18.7. The summed E-state index contributed by atoms with van der Waals surface area (Å²) in [5, 5.41) is 7.27. The van der Waals surface area contributed by atoms with Gasteiger partial charge in [-0.3, -0.25) is 9.59 Å². The number of aromatic nitrogens is 1. The van der Waals surface area contributed by atoms with Crippen LogP contribution in [0.2, 0.25) is 0 Å². The smallest absolute Gasteiger partial charge is 0.258 e. The second kappa shape index (κ2) is 10.6. The number of carbonyl (C=O) groups excluding carboxylic acids is 2. The van der Waals surface area contributed by atoms with E-state index >= 15 is 0 Å². The van der Waals surface area contributed by atoms with E-state index in [1.54, 1.807) is 48.7 Å². The number of benzene rings is 3. The number of amides is 2. The average molecular weight is 496 g/mol. The fraction of sp³-hybridized carbons (Fsp3) is 0.0800. The Labute approximate surface area is 203 Å². The van der Waals surface area contributed by atoms with Gasteiger partial charge in [-0.25, -0.2) is 13.8 Å². The minimum absolute atomic E-state index is 0.0447. The van der Waals surface area contributed by atoms with Crippen LogP contribution < -0.4 is 10.6 Å². The molecule has 1 aromatic heterocycles. The third-order valence-corrected chi connectivity index (χ3v) is 6.62. The Balaban J connectivity index is 1.37. The third-order valence-electron chi connectivity index (χ3n) is 4.77. The highest BCUT2D eigenvalue weighted by molar-refractivity contribution is 8.00. The van der Waals surface area contributed by atoms with Gasteiger partial charge in [-0.2, -0.15) is 0 Å². The molecule has 2 N–H and O–H groups in total. The van der Waals surface area contributed by atoms with Crippen LogP contribution in [-0.4, -0.2) is 22.0 Å². The molecule has 1 unspecified atom stereocenters. The topological polar surface area (TPSA) is 71.1 Å². The quantitative estimate of drug-likeness (QED) is 0.289. The highest BCUT2D eigenvalue weighted by atomic mass is 32.2. The van der Waals surface area contributed by atoms with Crippen molar-refractivity contribution in [3.63, 3.8) is 0 Å². The van der Waals surface area contributed by atoms with Crippen LogP contribution in [0.5, 0.6) is 0 Å². The van der Waals surface area contributed by atoms with Gasteiger partial charge in [0.25, 0.3) is 5.91 Å². The minimum Gasteiger partial charge on any atom is -0.322 e. The zero-order chi connectivity index (χ0) is 24.1. The first-order valence-electron chi connectivity index (χ1n) is 10.2. The molecule has 0 fully saturated rings. The van der Waals surface area contributed by atoms with Crippen LogP contribution in [0.4, 0.5) is 19.6 Å². The summed E-state index contributed by atoms with van der Waals surface area (Å²) in [5.74, 6) is -1.70. The van der Waals surface area contributed by atoms with Gasteiger partial charge < -0.3 is 10.6 Å². The van der Waals surface area contributed by atoms with E-state index in [2.05, 4.69) is 15.6 Å². The van der Waals surface area contributed by atoms with Gasteiger partial charge in [-0.15, -0.1) is 23.1 Å². The summed E-state index contributed by atoms with van der Waals surface area (Å²) in [4.78, 5) is 30.2. The van der Waals surface area contributed by atoms with E-state index in [9.17, 15) is 18.4 Å². The SMILES string of the molecule is CC(Sc1cccc(NC(=O)c2ccccc2F)c1)C(=O)Nc1nc(-c2ccc(F)cc2)cs1. The van der Waals surface area contributed by atoms with Crippen LogP contribution in [-0.2, 0) is 4.79 Å². The van der Waals surface area contributed by atoms with Crippen molar-refractivity contribution in [1.82, 2.24) is 4.98 Å². The number of hydrogen-bond donors (Lipinski definition) is 2. The fourth-order valence-electron chi connectivity index (χ4n) is 3.04. The lowest BCUT2D eigenvalue weighted by atomic mass is 10.2. The second-order valence-electron chi connectivity index (χ2n) is 7.26. The second-order valence-corrected chi connectivity index (χ2v) is 9.53. The predicted octanol–water partition coefficient (Wildman–Crippen LogP) is 6.46. The number of halogens is 2. The van der Waals surface area contributed by atoms with Gasteiger partial charge in [0.05, 0.1) is 16.5 Å². The molecule has 0 aliphatic carbocycles. The van der Waals surface area contributed by atoms with Crippen LogP contribution >= 0.6 is 23.1 Å². The van der Waals surface area contributed by atoms with Gasteiger partial charge in [0.2, 0.25) is 5.91 Å². The Hall–Kier alpha value is -3.56. The number of hydrogen-bond acceptors (Lipinski definition) is 5. The van der Waals surface area contributed by atoms with Gasteiger partial charge in [0, 0.05) is 21.5 Å². The molecule has 0 spiro atoms. The number of rotatable bonds is 7. The van der Waals surface area contributed by atoms with E-state index in [4.69, 9.17) is 0 Å². The van der Waals surface area contributed by atoms with Crippen LogP contribution in [0.25, 0.3) is 11.3 Å². The molecule has 0 aliphatic rings. The molecular formula is C25H19F2N3O2S2. The summed E-state index contributed by atoms with van der Waals surface area (Å²) in [7, 11) is 0. The molecular weight excluding hydrogens is 476 g/mol. The van der Waals surface area contributed by atoms with Crippen LogP contribution in [0.15, 0.2) is 83.1 Å². The predicted molar refractivity (Wildman–Crippen MR) is 132 cm³/mol. The normalized spacial score (nSPS) is 11.6. The van der Waals surface area contributed by atoms with E-state index in [0.717, 1.165) is 10.5 Å². The highest BCUT2D eigenvalue weighted by Crippen LogP contribution is 2.29. The number of carbonyl (C=O) groups is 2. The minimum atomic E-state index is -0.597. The average Bonchev–Trinajstić information content (AvgIpc) is 3.28. The van der Waals surface area contributed by atoms with E-state index in [0.29, 0.717) is 16.5 Å². The molecule has 2 amide bonds. The standard InChI is InChI=1S/C25H19F2N3O2S2/c1-15(23(31)30-25-29-22(14-33-25)16-9-11-17(26)12-10-16)34-19-6-4-5-18(13-19)28-24(32)20-7-2-3-8-21(20)27/h2-15H,1H3,(H,28,32)(H,29,30,31). The van der Waals surface area contributed by atoms with Crippen LogP contribution in [0.3, 0.4) is 0 Å². The summed E-state index contributed by atoms with van der Waals surface area (Å²) in [6.45, 7) is 1.76. The zero-order valence-corrected chi connectivity index (χ0v) is 19.6. The van der Waals surface area contributed by atoms with Crippen molar-refractivity contribution in [3.05, 3.63) is 95.4 Å². The van der Waals surface area contributed by atoms with E-state index in [1.807, 2.05) is 6.07 Å². The van der Waals surface area contributed by atoms with Gasteiger partial charge in [0.1, 0.15) is 11.6 Å². The zero-order valence-electron chi connectivity index (χ0n) is 17.9. The lowest BCUT2D eigenvalue weighted by molar-refractivity contribution is -0.115. The molecule has 0 bridgehead atoms. The Morgan fingerprint density at radius 3 is 2.50 bits per heavy atom. The molecule has 9 heteroatoms. The molecule has 172 valence electrons. The van der Waals surface area contributed by atoms with Gasteiger partial charge >= 0.3 is 0 Å². The Bertz CT molecular complexity index is 1330. The van der Waals surface area contributed by atoms with Gasteiger partial charge in [-0.05, 0) is 61.5 Å². The van der Waals surface area contributed by atoms with Gasteiger partial charge in [0.15, 0.2) is 5.13 Å². The van der Waals surface area contributed by atoms with Crippen LogP contribution in [0, 0.1) is 11.6 Å². The maximum atomic E-state index is 13.8. The van der Waals surface area contributed by atoms with Crippen molar-refractivity contribution in [2.75, 3.05) is 10.6 Å². The molecule has 0 aliphatic heterocycles. The van der Waals surface area contributed by atoms with E-state index in [-0.39, 0.29) is 17.3 Å². The third kappa shape index (κ3) is 5.86. The Kier molecular flexibility index (Phi) is 7.34. The Morgan fingerprint density at radius 1 is 0.971 bits per heavy atom. The molecule has 3 aromatic carbocycles. The first-order chi connectivity index (χ1) is 16.4. The summed E-state index contributed by atoms with van der Waals surface area (Å²) < 4.78 is 27.0. The maximum Gasteiger partial charge on any atom is 0.258 e. The van der Waals surface area contributed by atoms with Crippen molar-refractivity contribution in [3.8, 4) is 11.3 Å². The monoisotopic (exact) mass is 495 g/mol. The first-order valence-corrected chi connectivity index (χ1v) is 12.0. The number of thiazole rings is 1. The molecule has 5 nitrogen and oxygen atoms in total. The molecule has 4 rings (SSSR count). The number of anilines is 2. The number of nitrogens with one attached hydrogen (secondary N) is 2.